The van der Waals surface area contributed by atoms with Gasteiger partial charge in [0.25, 0.3) is 0 Å². The number of sulfone groups is 2. The number of hydrogen-bond acceptors (Lipinski definition) is 11. The minimum Gasteiger partial charge on any atom is -0.324 e. The fourth-order valence-corrected chi connectivity index (χ4v) is 6.03. The van der Waals surface area contributed by atoms with Gasteiger partial charge in [0.05, 0.1) is 26.8 Å². The van der Waals surface area contributed by atoms with E-state index < -0.39 is 19.7 Å². The quantitative estimate of drug-likeness (QED) is 0.0973. The van der Waals surface area contributed by atoms with Crippen LogP contribution in [0, 0.1) is 0 Å². The highest BCUT2D eigenvalue weighted by molar-refractivity contribution is 7.91. The molecule has 0 unspecified atom stereocenters. The monoisotopic (exact) mass is 701 g/mol. The average Bonchev–Trinajstić information content (AvgIpc) is 3.06. The summed E-state index contributed by atoms with van der Waals surface area (Å²) in [6.45, 7) is 3.56. The Morgan fingerprint density at radius 1 is 0.625 bits per heavy atom. The van der Waals surface area contributed by atoms with Gasteiger partial charge < -0.3 is 5.32 Å². The maximum absolute atomic E-state index is 11.9. The second-order valence-corrected chi connectivity index (χ2v) is 15.2. The van der Waals surface area contributed by atoms with E-state index in [1.165, 1.54) is 24.3 Å². The van der Waals surface area contributed by atoms with E-state index in [0.29, 0.717) is 50.3 Å². The summed E-state index contributed by atoms with van der Waals surface area (Å²) in [4.78, 5) is 9.92. The van der Waals surface area contributed by atoms with Gasteiger partial charge in [-0.3, -0.25) is 10.9 Å². The highest BCUT2D eigenvalue weighted by atomic mass is 35.5. The normalized spacial score (nSPS) is 12.4. The number of nitrogens with zero attached hydrogens (tertiary/aromatic N) is 4. The standard InChI is InChI=1S/C34H32ClN7O4S2/c1-22(24-14-18-27(19-15-24)47(3,43)44)39-41-32-31(29-12-8-9-13-30(29)35)33(38-34(37-32)36-26-10-6-5-7-11-26)42-40-23(2)25-16-20-28(21-17-25)48(4,45)46/h5-21H,1-4H3,(H3,36,37,38,41,42). The van der Waals surface area contributed by atoms with Crippen LogP contribution in [0.25, 0.3) is 11.1 Å². The highest BCUT2D eigenvalue weighted by Crippen LogP contribution is 2.38. The topological polar surface area (TPSA) is 155 Å². The molecule has 4 aromatic carbocycles. The molecule has 48 heavy (non-hydrogen) atoms. The molecule has 0 bridgehead atoms. The SMILES string of the molecule is CC(=NNc1nc(Nc2ccccc2)nc(NN=C(C)c2ccc(S(C)(=O)=O)cc2)c1-c1ccccc1Cl)c1ccc(S(C)(=O)=O)cc1. The Bertz CT molecular complexity index is 2110. The van der Waals surface area contributed by atoms with Crippen LogP contribution in [0.5, 0.6) is 0 Å². The van der Waals surface area contributed by atoms with Crippen molar-refractivity contribution in [1.29, 1.82) is 0 Å². The van der Waals surface area contributed by atoms with E-state index in [0.717, 1.165) is 18.2 Å². The molecular weight excluding hydrogens is 670 g/mol. The lowest BCUT2D eigenvalue weighted by Crippen LogP contribution is -2.09. The summed E-state index contributed by atoms with van der Waals surface area (Å²) in [5.74, 6) is 0.839. The summed E-state index contributed by atoms with van der Waals surface area (Å²) in [7, 11) is -6.69. The Morgan fingerprint density at radius 2 is 1.06 bits per heavy atom. The van der Waals surface area contributed by atoms with Crippen molar-refractivity contribution in [3.63, 3.8) is 0 Å². The van der Waals surface area contributed by atoms with Crippen LogP contribution < -0.4 is 16.2 Å². The minimum absolute atomic E-state index is 0.207. The van der Waals surface area contributed by atoms with Crippen molar-refractivity contribution in [3.05, 3.63) is 119 Å². The van der Waals surface area contributed by atoms with Gasteiger partial charge >= 0.3 is 0 Å². The number of hydrogen-bond donors (Lipinski definition) is 3. The first-order valence-electron chi connectivity index (χ1n) is 14.5. The van der Waals surface area contributed by atoms with E-state index in [1.54, 1.807) is 44.2 Å². The van der Waals surface area contributed by atoms with Crippen LogP contribution in [0.4, 0.5) is 23.3 Å². The van der Waals surface area contributed by atoms with Crippen molar-refractivity contribution < 1.29 is 16.8 Å². The number of anilines is 4. The second kappa shape index (κ2) is 14.3. The van der Waals surface area contributed by atoms with Gasteiger partial charge in [0, 0.05) is 28.8 Å². The average molecular weight is 702 g/mol. The lowest BCUT2D eigenvalue weighted by molar-refractivity contribution is 0.600. The molecular formula is C34H32ClN7O4S2. The van der Waals surface area contributed by atoms with Gasteiger partial charge in [-0.1, -0.05) is 72.3 Å². The molecule has 5 aromatic rings. The Hall–Kier alpha value is -5.11. The molecule has 14 heteroatoms. The molecule has 3 N–H and O–H groups in total. The predicted molar refractivity (Wildman–Crippen MR) is 193 cm³/mol. The summed E-state index contributed by atoms with van der Waals surface area (Å²) >= 11 is 6.70. The van der Waals surface area contributed by atoms with Crippen LogP contribution in [-0.4, -0.2) is 50.7 Å². The molecule has 0 saturated heterocycles. The van der Waals surface area contributed by atoms with Crippen molar-refractivity contribution in [3.8, 4) is 11.1 Å². The number of rotatable bonds is 11. The third-order valence-corrected chi connectivity index (χ3v) is 9.73. The molecule has 0 radical (unpaired) electrons. The van der Waals surface area contributed by atoms with Gasteiger partial charge in [0.15, 0.2) is 31.3 Å². The molecule has 0 aliphatic heterocycles. The number of nitrogens with one attached hydrogen (secondary N) is 3. The summed E-state index contributed by atoms with van der Waals surface area (Å²) < 4.78 is 47.7. The van der Waals surface area contributed by atoms with Gasteiger partial charge in [-0.15, -0.1) is 0 Å². The number of hydrazone groups is 2. The number of benzene rings is 4. The summed E-state index contributed by atoms with van der Waals surface area (Å²) in [5.41, 5.74) is 10.5. The predicted octanol–water partition coefficient (Wildman–Crippen LogP) is 7.02. The van der Waals surface area contributed by atoms with E-state index in [4.69, 9.17) is 21.6 Å². The molecule has 0 spiro atoms. The molecule has 11 nitrogen and oxygen atoms in total. The molecule has 0 atom stereocenters. The third-order valence-electron chi connectivity index (χ3n) is 7.14. The van der Waals surface area contributed by atoms with Crippen LogP contribution >= 0.6 is 11.6 Å². The van der Waals surface area contributed by atoms with E-state index in [2.05, 4.69) is 26.4 Å². The zero-order chi connectivity index (χ0) is 34.5. The maximum atomic E-state index is 11.9. The number of halogens is 1. The van der Waals surface area contributed by atoms with Crippen molar-refractivity contribution in [2.75, 3.05) is 28.7 Å². The summed E-state index contributed by atoms with van der Waals surface area (Å²) in [6.07, 6.45) is 2.31. The largest absolute Gasteiger partial charge is 0.324 e. The van der Waals surface area contributed by atoms with Crippen molar-refractivity contribution in [1.82, 2.24) is 9.97 Å². The lowest BCUT2D eigenvalue weighted by Gasteiger charge is -2.17. The first-order chi connectivity index (χ1) is 22.8. The second-order valence-electron chi connectivity index (χ2n) is 10.8. The highest BCUT2D eigenvalue weighted by Gasteiger charge is 2.20. The van der Waals surface area contributed by atoms with Gasteiger partial charge in [-0.25, -0.2) is 16.8 Å². The maximum Gasteiger partial charge on any atom is 0.231 e. The first kappa shape index (κ1) is 34.2. The minimum atomic E-state index is -3.35. The van der Waals surface area contributed by atoms with Crippen LogP contribution in [0.3, 0.4) is 0 Å². The summed E-state index contributed by atoms with van der Waals surface area (Å²) in [5, 5.41) is 12.8. The van der Waals surface area contributed by atoms with Crippen LogP contribution in [0.1, 0.15) is 25.0 Å². The number of para-hydroxylation sites is 1. The Balaban J connectivity index is 1.60. The molecule has 1 aromatic heterocycles. The summed E-state index contributed by atoms with van der Waals surface area (Å²) in [6, 6.07) is 29.5. The van der Waals surface area contributed by atoms with Crippen molar-refractivity contribution in [2.24, 2.45) is 10.2 Å². The zero-order valence-electron chi connectivity index (χ0n) is 26.4. The molecule has 1 heterocycles. The Morgan fingerprint density at radius 3 is 1.50 bits per heavy atom. The lowest BCUT2D eigenvalue weighted by atomic mass is 10.1. The van der Waals surface area contributed by atoms with Crippen molar-refractivity contribution in [2.45, 2.75) is 23.6 Å². The van der Waals surface area contributed by atoms with Crippen molar-refractivity contribution >= 4 is 66.0 Å². The number of aromatic nitrogens is 2. The van der Waals surface area contributed by atoms with E-state index >= 15 is 0 Å². The van der Waals surface area contributed by atoms with E-state index in [9.17, 15) is 16.8 Å². The Labute approximate surface area is 284 Å². The van der Waals surface area contributed by atoms with Crippen LogP contribution in [-0.2, 0) is 19.7 Å². The van der Waals surface area contributed by atoms with Crippen LogP contribution in [0.2, 0.25) is 5.02 Å². The van der Waals surface area contributed by atoms with Gasteiger partial charge in [-0.05, 0) is 67.4 Å². The molecule has 0 amide bonds. The van der Waals surface area contributed by atoms with Gasteiger partial charge in [0.2, 0.25) is 5.95 Å². The Kier molecular flexibility index (Phi) is 10.2. The van der Waals surface area contributed by atoms with E-state index in [-0.39, 0.29) is 15.7 Å². The molecule has 5 rings (SSSR count). The molecule has 246 valence electrons. The van der Waals surface area contributed by atoms with Crippen LogP contribution in [0.15, 0.2) is 123 Å². The van der Waals surface area contributed by atoms with Gasteiger partial charge in [-0.2, -0.15) is 20.2 Å². The molecule has 0 aliphatic carbocycles. The molecule has 0 fully saturated rings. The third kappa shape index (κ3) is 8.42. The first-order valence-corrected chi connectivity index (χ1v) is 18.7. The fraction of sp³-hybridized carbons (Fsp3) is 0.118. The molecule has 0 aliphatic rings. The van der Waals surface area contributed by atoms with Gasteiger partial charge in [0.1, 0.15) is 0 Å². The zero-order valence-corrected chi connectivity index (χ0v) is 28.8. The fourth-order valence-electron chi connectivity index (χ4n) is 4.54. The van der Waals surface area contributed by atoms with E-state index in [1.807, 2.05) is 48.5 Å². The smallest absolute Gasteiger partial charge is 0.231 e. The molecule has 0 saturated carbocycles.